The second-order valence-electron chi connectivity index (χ2n) is 4.86. The van der Waals surface area contributed by atoms with Gasteiger partial charge in [-0.1, -0.05) is 23.8 Å². The fraction of sp³-hybridized carbons (Fsp3) is 0.294. The van der Waals surface area contributed by atoms with Gasteiger partial charge in [0, 0.05) is 12.6 Å². The largest absolute Gasteiger partial charge is 0.492 e. The van der Waals surface area contributed by atoms with Crippen molar-refractivity contribution in [3.05, 3.63) is 58.9 Å². The van der Waals surface area contributed by atoms with Gasteiger partial charge in [0.15, 0.2) is 0 Å². The fourth-order valence-electron chi connectivity index (χ4n) is 2.15. The first kappa shape index (κ1) is 14.4. The van der Waals surface area contributed by atoms with E-state index in [-0.39, 0.29) is 5.82 Å². The van der Waals surface area contributed by atoms with Crippen LogP contribution >= 0.6 is 0 Å². The minimum Gasteiger partial charge on any atom is -0.492 e. The van der Waals surface area contributed by atoms with E-state index in [2.05, 4.69) is 37.4 Å². The molecular formula is C17H20FNO. The molecule has 1 N–H and O–H groups in total. The number of aryl methyl sites for hydroxylation is 2. The maximum Gasteiger partial charge on any atom is 0.145 e. The minimum absolute atomic E-state index is 0.287. The van der Waals surface area contributed by atoms with Gasteiger partial charge in [0.1, 0.15) is 11.6 Å². The van der Waals surface area contributed by atoms with Crippen LogP contribution in [0.1, 0.15) is 23.6 Å². The average Bonchev–Trinajstić information content (AvgIpc) is 2.40. The Labute approximate surface area is 119 Å². The van der Waals surface area contributed by atoms with Gasteiger partial charge in [-0.05, 0) is 44.0 Å². The first-order valence-electron chi connectivity index (χ1n) is 6.82. The number of hydrogen-bond acceptors (Lipinski definition) is 2. The summed E-state index contributed by atoms with van der Waals surface area (Å²) in [6, 6.07) is 10.9. The summed E-state index contributed by atoms with van der Waals surface area (Å²) in [5.41, 5.74) is 4.54. The Bertz CT molecular complexity index is 596. The van der Waals surface area contributed by atoms with Crippen molar-refractivity contribution in [2.45, 2.75) is 27.3 Å². The van der Waals surface area contributed by atoms with E-state index in [1.54, 1.807) is 6.07 Å². The Morgan fingerprint density at radius 3 is 2.60 bits per heavy atom. The van der Waals surface area contributed by atoms with Crippen molar-refractivity contribution in [3.63, 3.8) is 0 Å². The second-order valence-corrected chi connectivity index (χ2v) is 4.86. The van der Waals surface area contributed by atoms with Crippen LogP contribution in [0.25, 0.3) is 0 Å². The van der Waals surface area contributed by atoms with Crippen molar-refractivity contribution in [2.75, 3.05) is 11.9 Å². The zero-order chi connectivity index (χ0) is 14.5. The highest BCUT2D eigenvalue weighted by molar-refractivity contribution is 5.56. The van der Waals surface area contributed by atoms with Gasteiger partial charge in [-0.15, -0.1) is 0 Å². The highest BCUT2D eigenvalue weighted by Crippen LogP contribution is 2.26. The average molecular weight is 273 g/mol. The van der Waals surface area contributed by atoms with Crippen molar-refractivity contribution >= 4 is 5.69 Å². The number of rotatable bonds is 5. The summed E-state index contributed by atoms with van der Waals surface area (Å²) in [6.07, 6.45) is 0. The Morgan fingerprint density at radius 2 is 1.90 bits per heavy atom. The second kappa shape index (κ2) is 6.42. The molecular weight excluding hydrogens is 253 g/mol. The van der Waals surface area contributed by atoms with Gasteiger partial charge in [0.25, 0.3) is 0 Å². The molecule has 0 aliphatic rings. The molecule has 0 saturated carbocycles. The highest BCUT2D eigenvalue weighted by atomic mass is 19.1. The summed E-state index contributed by atoms with van der Waals surface area (Å²) in [5.74, 6) is 0.266. The molecule has 2 rings (SSSR count). The predicted octanol–water partition coefficient (Wildman–Crippen LogP) is 4.45. The summed E-state index contributed by atoms with van der Waals surface area (Å²) in [7, 11) is 0. The van der Waals surface area contributed by atoms with E-state index < -0.39 is 0 Å². The van der Waals surface area contributed by atoms with E-state index in [1.165, 1.54) is 28.8 Å². The highest BCUT2D eigenvalue weighted by Gasteiger charge is 2.06. The lowest BCUT2D eigenvalue weighted by atomic mass is 10.1. The molecule has 106 valence electrons. The molecule has 2 aromatic carbocycles. The lowest BCUT2D eigenvalue weighted by Gasteiger charge is -2.14. The van der Waals surface area contributed by atoms with Crippen LogP contribution in [0, 0.1) is 19.7 Å². The zero-order valence-electron chi connectivity index (χ0n) is 12.2. The van der Waals surface area contributed by atoms with E-state index >= 15 is 0 Å². The Morgan fingerprint density at radius 1 is 1.10 bits per heavy atom. The molecule has 20 heavy (non-hydrogen) atoms. The number of anilines is 1. The molecule has 0 aromatic heterocycles. The van der Waals surface area contributed by atoms with Gasteiger partial charge < -0.3 is 10.1 Å². The summed E-state index contributed by atoms with van der Waals surface area (Å²) in [4.78, 5) is 0. The lowest BCUT2D eigenvalue weighted by molar-refractivity contribution is 0.340. The third-order valence-electron chi connectivity index (χ3n) is 3.21. The third-order valence-corrected chi connectivity index (χ3v) is 3.21. The molecule has 0 aliphatic heterocycles. The van der Waals surface area contributed by atoms with Crippen molar-refractivity contribution in [1.29, 1.82) is 0 Å². The van der Waals surface area contributed by atoms with E-state index in [0.29, 0.717) is 18.9 Å². The normalized spacial score (nSPS) is 10.4. The summed E-state index contributed by atoms with van der Waals surface area (Å²) in [6.45, 7) is 7.27. The molecule has 0 radical (unpaired) electrons. The van der Waals surface area contributed by atoms with Crippen LogP contribution in [0.15, 0.2) is 36.4 Å². The minimum atomic E-state index is -0.287. The summed E-state index contributed by atoms with van der Waals surface area (Å²) in [5, 5.41) is 3.31. The Hall–Kier alpha value is -2.03. The maximum absolute atomic E-state index is 13.2. The van der Waals surface area contributed by atoms with Crippen molar-refractivity contribution in [1.82, 2.24) is 0 Å². The first-order chi connectivity index (χ1) is 9.60. The smallest absolute Gasteiger partial charge is 0.145 e. The maximum atomic E-state index is 13.2. The predicted molar refractivity (Wildman–Crippen MR) is 80.8 cm³/mol. The number of halogens is 1. The van der Waals surface area contributed by atoms with Crippen LogP contribution in [0.5, 0.6) is 5.75 Å². The zero-order valence-corrected chi connectivity index (χ0v) is 12.2. The number of ether oxygens (including phenoxy) is 1. The van der Waals surface area contributed by atoms with Crippen LogP contribution in [-0.2, 0) is 6.54 Å². The summed E-state index contributed by atoms with van der Waals surface area (Å²) < 4.78 is 18.7. The van der Waals surface area contributed by atoms with Crippen molar-refractivity contribution in [2.24, 2.45) is 0 Å². The molecule has 0 heterocycles. The van der Waals surface area contributed by atoms with Gasteiger partial charge in [-0.3, -0.25) is 0 Å². The van der Waals surface area contributed by atoms with E-state index in [0.717, 1.165) is 5.69 Å². The monoisotopic (exact) mass is 273 g/mol. The molecule has 0 bridgehead atoms. The van der Waals surface area contributed by atoms with Crippen LogP contribution in [0.3, 0.4) is 0 Å². The SMILES string of the molecule is CCOc1cc(F)ccc1NCc1ccc(C)cc1C. The van der Waals surface area contributed by atoms with Crippen LogP contribution in [0.4, 0.5) is 10.1 Å². The molecule has 2 aromatic rings. The van der Waals surface area contributed by atoms with Crippen LogP contribution < -0.4 is 10.1 Å². The molecule has 0 atom stereocenters. The molecule has 0 amide bonds. The fourth-order valence-corrected chi connectivity index (χ4v) is 2.15. The number of hydrogen-bond donors (Lipinski definition) is 1. The molecule has 3 heteroatoms. The molecule has 0 saturated heterocycles. The van der Waals surface area contributed by atoms with Gasteiger partial charge >= 0.3 is 0 Å². The van der Waals surface area contributed by atoms with Gasteiger partial charge in [-0.25, -0.2) is 4.39 Å². The van der Waals surface area contributed by atoms with E-state index in [1.807, 2.05) is 6.92 Å². The van der Waals surface area contributed by atoms with Crippen molar-refractivity contribution < 1.29 is 9.13 Å². The molecule has 0 fully saturated rings. The van der Waals surface area contributed by atoms with Gasteiger partial charge in [0.05, 0.1) is 12.3 Å². The number of benzene rings is 2. The van der Waals surface area contributed by atoms with Crippen molar-refractivity contribution in [3.8, 4) is 5.75 Å². The number of nitrogens with one attached hydrogen (secondary N) is 1. The first-order valence-corrected chi connectivity index (χ1v) is 6.82. The van der Waals surface area contributed by atoms with Crippen LogP contribution in [-0.4, -0.2) is 6.61 Å². The van der Waals surface area contributed by atoms with Crippen LogP contribution in [0.2, 0.25) is 0 Å². The summed E-state index contributed by atoms with van der Waals surface area (Å²) >= 11 is 0. The lowest BCUT2D eigenvalue weighted by Crippen LogP contribution is -2.04. The standard InChI is InChI=1S/C17H20FNO/c1-4-20-17-10-15(18)7-8-16(17)19-11-14-6-5-12(2)9-13(14)3/h5-10,19H,4,11H2,1-3H3. The Kier molecular flexibility index (Phi) is 4.61. The topological polar surface area (TPSA) is 21.3 Å². The Balaban J connectivity index is 2.14. The van der Waals surface area contributed by atoms with Gasteiger partial charge in [-0.2, -0.15) is 0 Å². The molecule has 0 aliphatic carbocycles. The third kappa shape index (κ3) is 3.50. The molecule has 0 unspecified atom stereocenters. The molecule has 0 spiro atoms. The molecule has 2 nitrogen and oxygen atoms in total. The van der Waals surface area contributed by atoms with E-state index in [4.69, 9.17) is 4.74 Å². The van der Waals surface area contributed by atoms with E-state index in [9.17, 15) is 4.39 Å². The quantitative estimate of drug-likeness (QED) is 0.868. The van der Waals surface area contributed by atoms with Gasteiger partial charge in [0.2, 0.25) is 0 Å².